The van der Waals surface area contributed by atoms with Gasteiger partial charge in [0, 0.05) is 19.2 Å². The third kappa shape index (κ3) is 7.65. The number of anilines is 1. The zero-order chi connectivity index (χ0) is 29.5. The van der Waals surface area contributed by atoms with Crippen molar-refractivity contribution in [2.75, 3.05) is 24.6 Å². The van der Waals surface area contributed by atoms with E-state index in [9.17, 15) is 9.59 Å². The molecule has 1 saturated carbocycles. The van der Waals surface area contributed by atoms with Gasteiger partial charge in [0.05, 0.1) is 12.9 Å². The number of imidazole rings is 1. The molecule has 0 radical (unpaired) electrons. The van der Waals surface area contributed by atoms with Gasteiger partial charge in [-0.25, -0.2) is 9.78 Å². The molecule has 224 valence electrons. The first-order valence-corrected chi connectivity index (χ1v) is 14.6. The number of ether oxygens (including phenoxy) is 2. The maximum atomic E-state index is 13.4. The number of esters is 1. The molecule has 5 rings (SSSR count). The number of hydrogen-bond donors (Lipinski definition) is 3. The van der Waals surface area contributed by atoms with Gasteiger partial charge in [0.1, 0.15) is 18.9 Å². The minimum Gasteiger partial charge on any atom is -0.459 e. The van der Waals surface area contributed by atoms with Crippen LogP contribution < -0.4 is 21.7 Å². The Hall–Kier alpha value is -3.97. The Morgan fingerprint density at radius 3 is 2.71 bits per heavy atom. The second kappa shape index (κ2) is 13.8. The normalized spacial score (nSPS) is 17.4. The Labute approximate surface area is 248 Å². The second-order valence-electron chi connectivity index (χ2n) is 10.5. The fraction of sp³-hybridized carbons (Fsp3) is 0.500. The van der Waals surface area contributed by atoms with Crippen LogP contribution in [0.1, 0.15) is 56.7 Å². The predicted octanol–water partition coefficient (Wildman–Crippen LogP) is 2.43. The van der Waals surface area contributed by atoms with Crippen LogP contribution in [0.15, 0.2) is 41.7 Å². The standard InChI is InChI=1S/C28H36ClN9O4/c29-27-35-24(23-25(36-27)38(17-33-23)22-10-4-5-14-41-22)37(19-11-12-19)15-21(39)34-20(9-6-13-32-28(30)31)26(40)42-16-18-7-2-1-3-8-18/h1-3,7-8,17,19-20,22H,4-6,9-16H2,(H,34,39)(H4,30,31,32)/t20-,22?/m0/s1. The number of halogens is 1. The fourth-order valence-corrected chi connectivity index (χ4v) is 5.13. The smallest absolute Gasteiger partial charge is 0.328 e. The summed E-state index contributed by atoms with van der Waals surface area (Å²) in [5.41, 5.74) is 12.8. The molecule has 14 heteroatoms. The number of aliphatic imine (C=N–C) groups is 1. The number of carbonyl (C=O) groups excluding carboxylic acids is 2. The maximum absolute atomic E-state index is 13.4. The van der Waals surface area contributed by atoms with Gasteiger partial charge in [-0.3, -0.25) is 14.4 Å². The molecule has 0 spiro atoms. The van der Waals surface area contributed by atoms with E-state index in [1.165, 1.54) is 0 Å². The Kier molecular flexibility index (Phi) is 9.70. The van der Waals surface area contributed by atoms with Crippen molar-refractivity contribution >= 4 is 46.4 Å². The van der Waals surface area contributed by atoms with Gasteiger partial charge in [-0.2, -0.15) is 9.97 Å². The number of benzene rings is 1. The molecule has 2 aliphatic rings. The van der Waals surface area contributed by atoms with E-state index < -0.39 is 12.0 Å². The summed E-state index contributed by atoms with van der Waals surface area (Å²) in [6.07, 6.45) is 6.98. The van der Waals surface area contributed by atoms with E-state index in [1.807, 2.05) is 39.8 Å². The first-order chi connectivity index (χ1) is 20.4. The van der Waals surface area contributed by atoms with Crippen molar-refractivity contribution in [2.24, 2.45) is 16.5 Å². The highest BCUT2D eigenvalue weighted by Gasteiger charge is 2.35. The zero-order valence-corrected chi connectivity index (χ0v) is 24.1. The van der Waals surface area contributed by atoms with Crippen LogP contribution in [0.4, 0.5) is 5.82 Å². The molecule has 1 aliphatic carbocycles. The number of hydrogen-bond acceptors (Lipinski definition) is 9. The van der Waals surface area contributed by atoms with Crippen molar-refractivity contribution in [2.45, 2.75) is 69.9 Å². The minimum absolute atomic E-state index is 0.0327. The summed E-state index contributed by atoms with van der Waals surface area (Å²) in [5.74, 6) is -0.445. The number of carbonyl (C=O) groups is 2. The lowest BCUT2D eigenvalue weighted by Crippen LogP contribution is -2.47. The minimum atomic E-state index is -0.881. The maximum Gasteiger partial charge on any atom is 0.328 e. The van der Waals surface area contributed by atoms with Gasteiger partial charge in [0.15, 0.2) is 22.9 Å². The Morgan fingerprint density at radius 2 is 2.00 bits per heavy atom. The SMILES string of the molecule is NC(N)=NCCC[C@H](NC(=O)CN(c1nc(Cl)nc2c1ncn2C1CCCCO1)C1CC1)C(=O)OCc1ccccc1. The van der Waals surface area contributed by atoms with Gasteiger partial charge in [-0.05, 0) is 62.1 Å². The fourth-order valence-electron chi connectivity index (χ4n) is 4.97. The molecule has 3 heterocycles. The zero-order valence-electron chi connectivity index (χ0n) is 23.3. The summed E-state index contributed by atoms with van der Waals surface area (Å²) in [7, 11) is 0. The van der Waals surface area contributed by atoms with Gasteiger partial charge in [0.25, 0.3) is 0 Å². The number of aromatic nitrogens is 4. The summed E-state index contributed by atoms with van der Waals surface area (Å²) in [4.78, 5) is 45.9. The van der Waals surface area contributed by atoms with Crippen molar-refractivity contribution in [3.8, 4) is 0 Å². The number of amides is 1. The van der Waals surface area contributed by atoms with Crippen molar-refractivity contribution in [3.05, 3.63) is 47.5 Å². The molecule has 13 nitrogen and oxygen atoms in total. The Bertz CT molecular complexity index is 1400. The van der Waals surface area contributed by atoms with E-state index in [-0.39, 0.29) is 42.6 Å². The average molecular weight is 598 g/mol. The molecular weight excluding hydrogens is 562 g/mol. The van der Waals surface area contributed by atoms with Crippen LogP contribution in [-0.2, 0) is 25.7 Å². The van der Waals surface area contributed by atoms with Gasteiger partial charge >= 0.3 is 5.97 Å². The highest BCUT2D eigenvalue weighted by atomic mass is 35.5. The lowest BCUT2D eigenvalue weighted by molar-refractivity contribution is -0.149. The van der Waals surface area contributed by atoms with Crippen LogP contribution in [0, 0.1) is 0 Å². The van der Waals surface area contributed by atoms with Gasteiger partial charge in [-0.1, -0.05) is 30.3 Å². The molecule has 3 aromatic rings. The largest absolute Gasteiger partial charge is 0.459 e. The predicted molar refractivity (Wildman–Crippen MR) is 158 cm³/mol. The first-order valence-electron chi connectivity index (χ1n) is 14.2. The van der Waals surface area contributed by atoms with Crippen molar-refractivity contribution in [3.63, 3.8) is 0 Å². The molecule has 2 aromatic heterocycles. The summed E-state index contributed by atoms with van der Waals surface area (Å²) in [6, 6.07) is 8.55. The van der Waals surface area contributed by atoms with Crippen LogP contribution in [-0.4, -0.2) is 69.1 Å². The lowest BCUT2D eigenvalue weighted by atomic mass is 10.1. The molecule has 1 aromatic carbocycles. The second-order valence-corrected chi connectivity index (χ2v) is 10.8. The van der Waals surface area contributed by atoms with Crippen molar-refractivity contribution in [1.82, 2.24) is 24.8 Å². The van der Waals surface area contributed by atoms with Gasteiger partial charge in [0.2, 0.25) is 11.2 Å². The van der Waals surface area contributed by atoms with E-state index in [0.717, 1.165) is 37.7 Å². The highest BCUT2D eigenvalue weighted by Crippen LogP contribution is 2.35. The quantitative estimate of drug-likeness (QED) is 0.0872. The van der Waals surface area contributed by atoms with E-state index in [1.54, 1.807) is 6.33 Å². The molecule has 1 unspecified atom stereocenters. The Balaban J connectivity index is 1.31. The molecule has 1 aliphatic heterocycles. The van der Waals surface area contributed by atoms with E-state index >= 15 is 0 Å². The molecule has 42 heavy (non-hydrogen) atoms. The molecule has 1 amide bonds. The van der Waals surface area contributed by atoms with Crippen LogP contribution >= 0.6 is 11.6 Å². The van der Waals surface area contributed by atoms with Crippen LogP contribution in [0.5, 0.6) is 0 Å². The average Bonchev–Trinajstić information content (AvgIpc) is 3.75. The number of nitrogens with one attached hydrogen (secondary N) is 1. The van der Waals surface area contributed by atoms with Crippen LogP contribution in [0.25, 0.3) is 11.2 Å². The molecule has 2 fully saturated rings. The van der Waals surface area contributed by atoms with Crippen molar-refractivity contribution in [1.29, 1.82) is 0 Å². The number of fused-ring (bicyclic) bond motifs is 1. The Morgan fingerprint density at radius 1 is 1.19 bits per heavy atom. The number of guanidine groups is 1. The number of nitrogens with zero attached hydrogens (tertiary/aromatic N) is 6. The topological polar surface area (TPSA) is 176 Å². The van der Waals surface area contributed by atoms with Gasteiger partial charge in [-0.15, -0.1) is 0 Å². The van der Waals surface area contributed by atoms with E-state index in [2.05, 4.69) is 25.3 Å². The van der Waals surface area contributed by atoms with E-state index in [4.69, 9.17) is 32.5 Å². The molecule has 0 bridgehead atoms. The highest BCUT2D eigenvalue weighted by molar-refractivity contribution is 6.28. The summed E-state index contributed by atoms with van der Waals surface area (Å²) < 4.78 is 13.4. The molecule has 1 saturated heterocycles. The monoisotopic (exact) mass is 597 g/mol. The molecular formula is C28H36ClN9O4. The molecule has 5 N–H and O–H groups in total. The summed E-state index contributed by atoms with van der Waals surface area (Å²) in [5, 5.41) is 2.91. The third-order valence-corrected chi connectivity index (χ3v) is 7.37. The number of rotatable bonds is 13. The third-order valence-electron chi connectivity index (χ3n) is 7.20. The summed E-state index contributed by atoms with van der Waals surface area (Å²) in [6.45, 7) is 1.04. The van der Waals surface area contributed by atoms with Crippen LogP contribution in [0.3, 0.4) is 0 Å². The summed E-state index contributed by atoms with van der Waals surface area (Å²) >= 11 is 6.38. The van der Waals surface area contributed by atoms with E-state index in [0.29, 0.717) is 43.0 Å². The number of nitrogens with two attached hydrogens (primary N) is 2. The van der Waals surface area contributed by atoms with Crippen molar-refractivity contribution < 1.29 is 19.1 Å². The lowest BCUT2D eigenvalue weighted by Gasteiger charge is -2.26. The molecule has 2 atom stereocenters. The van der Waals surface area contributed by atoms with Gasteiger partial charge < -0.3 is 31.2 Å². The first kappa shape index (κ1) is 29.5. The van der Waals surface area contributed by atoms with Crippen LogP contribution in [0.2, 0.25) is 5.28 Å².